The number of nitrogens with one attached hydrogen (secondary N) is 2. The Morgan fingerprint density at radius 2 is 1.88 bits per heavy atom. The van der Waals surface area contributed by atoms with E-state index in [-0.39, 0.29) is 6.79 Å². The van der Waals surface area contributed by atoms with Gasteiger partial charge in [0.2, 0.25) is 12.7 Å². The highest BCUT2D eigenvalue weighted by molar-refractivity contribution is 5.89. The summed E-state index contributed by atoms with van der Waals surface area (Å²) >= 11 is 0. The van der Waals surface area contributed by atoms with Gasteiger partial charge in [0.25, 0.3) is 0 Å². The lowest BCUT2D eigenvalue weighted by molar-refractivity contribution is 0.174. The maximum atomic E-state index is 5.41. The molecular formula is C18H18N4O2. The summed E-state index contributed by atoms with van der Waals surface area (Å²) in [6, 6.07) is 13.9. The molecule has 0 fully saturated rings. The summed E-state index contributed by atoms with van der Waals surface area (Å²) in [6.45, 7) is 3.76. The first-order valence-electron chi connectivity index (χ1n) is 7.96. The van der Waals surface area contributed by atoms with Gasteiger partial charge in [0.05, 0.1) is 5.52 Å². The van der Waals surface area contributed by atoms with Gasteiger partial charge >= 0.3 is 0 Å². The number of nitrogens with zero attached hydrogens (tertiary/aromatic N) is 2. The van der Waals surface area contributed by atoms with Crippen molar-refractivity contribution >= 4 is 22.7 Å². The van der Waals surface area contributed by atoms with Crippen molar-refractivity contribution in [3.8, 4) is 11.5 Å². The SMILES string of the molecule is CCNc1nc(NCc2ccc3c(c2)OCO3)nc2ccccc12. The van der Waals surface area contributed by atoms with Crippen LogP contribution in [-0.2, 0) is 6.54 Å². The van der Waals surface area contributed by atoms with Gasteiger partial charge in [-0.2, -0.15) is 4.98 Å². The molecule has 1 aliphatic heterocycles. The fourth-order valence-electron chi connectivity index (χ4n) is 2.69. The Morgan fingerprint density at radius 1 is 1.00 bits per heavy atom. The van der Waals surface area contributed by atoms with Crippen molar-refractivity contribution in [3.05, 3.63) is 48.0 Å². The zero-order valence-electron chi connectivity index (χ0n) is 13.4. The highest BCUT2D eigenvalue weighted by Gasteiger charge is 2.13. The maximum absolute atomic E-state index is 5.41. The van der Waals surface area contributed by atoms with E-state index in [4.69, 9.17) is 9.47 Å². The Labute approximate surface area is 139 Å². The standard InChI is InChI=1S/C18H18N4O2/c1-2-19-17-13-5-3-4-6-14(13)21-18(22-17)20-10-12-7-8-15-16(9-12)24-11-23-15/h3-9H,2,10-11H2,1H3,(H2,19,20,21,22). The summed E-state index contributed by atoms with van der Waals surface area (Å²) in [4.78, 5) is 9.18. The molecule has 4 rings (SSSR count). The van der Waals surface area contributed by atoms with E-state index >= 15 is 0 Å². The molecule has 122 valence electrons. The lowest BCUT2D eigenvalue weighted by Crippen LogP contribution is -2.07. The average molecular weight is 322 g/mol. The third-order valence-electron chi connectivity index (χ3n) is 3.84. The van der Waals surface area contributed by atoms with Gasteiger partial charge in [0, 0.05) is 18.5 Å². The maximum Gasteiger partial charge on any atom is 0.231 e. The number of para-hydroxylation sites is 1. The molecule has 2 aromatic carbocycles. The van der Waals surface area contributed by atoms with Gasteiger partial charge in [-0.25, -0.2) is 4.98 Å². The van der Waals surface area contributed by atoms with Crippen LogP contribution in [0.1, 0.15) is 12.5 Å². The Hall–Kier alpha value is -3.02. The smallest absolute Gasteiger partial charge is 0.231 e. The molecule has 2 N–H and O–H groups in total. The molecule has 24 heavy (non-hydrogen) atoms. The van der Waals surface area contributed by atoms with Crippen LogP contribution in [0.25, 0.3) is 10.9 Å². The first kappa shape index (κ1) is 14.6. The molecular weight excluding hydrogens is 304 g/mol. The van der Waals surface area contributed by atoms with E-state index < -0.39 is 0 Å². The molecule has 0 spiro atoms. The van der Waals surface area contributed by atoms with E-state index in [1.165, 1.54) is 0 Å². The Bertz CT molecular complexity index is 882. The van der Waals surface area contributed by atoms with Crippen LogP contribution in [0.15, 0.2) is 42.5 Å². The van der Waals surface area contributed by atoms with Crippen molar-refractivity contribution in [1.29, 1.82) is 0 Å². The van der Waals surface area contributed by atoms with Crippen LogP contribution in [0.3, 0.4) is 0 Å². The highest BCUT2D eigenvalue weighted by Crippen LogP contribution is 2.32. The van der Waals surface area contributed by atoms with Gasteiger partial charge in [0.15, 0.2) is 11.5 Å². The lowest BCUT2D eigenvalue weighted by atomic mass is 10.2. The molecule has 1 aliphatic rings. The number of rotatable bonds is 5. The van der Waals surface area contributed by atoms with E-state index in [1.807, 2.05) is 42.5 Å². The Kier molecular flexibility index (Phi) is 3.78. The van der Waals surface area contributed by atoms with Crippen LogP contribution in [0, 0.1) is 0 Å². The topological polar surface area (TPSA) is 68.3 Å². The van der Waals surface area contributed by atoms with E-state index in [1.54, 1.807) is 0 Å². The van der Waals surface area contributed by atoms with Crippen LogP contribution < -0.4 is 20.1 Å². The molecule has 0 radical (unpaired) electrons. The largest absolute Gasteiger partial charge is 0.454 e. The van der Waals surface area contributed by atoms with Crippen molar-refractivity contribution in [2.45, 2.75) is 13.5 Å². The van der Waals surface area contributed by atoms with Crippen LogP contribution in [0.2, 0.25) is 0 Å². The molecule has 0 amide bonds. The lowest BCUT2D eigenvalue weighted by Gasteiger charge is -2.11. The van der Waals surface area contributed by atoms with Crippen LogP contribution in [-0.4, -0.2) is 23.3 Å². The van der Waals surface area contributed by atoms with Gasteiger partial charge in [-0.3, -0.25) is 0 Å². The first-order valence-corrected chi connectivity index (χ1v) is 7.96. The van der Waals surface area contributed by atoms with E-state index in [9.17, 15) is 0 Å². The van der Waals surface area contributed by atoms with Gasteiger partial charge in [0.1, 0.15) is 5.82 Å². The minimum Gasteiger partial charge on any atom is -0.454 e. The second-order valence-corrected chi connectivity index (χ2v) is 5.48. The third-order valence-corrected chi connectivity index (χ3v) is 3.84. The number of hydrogen-bond donors (Lipinski definition) is 2. The average Bonchev–Trinajstić information content (AvgIpc) is 3.08. The fourth-order valence-corrected chi connectivity index (χ4v) is 2.69. The van der Waals surface area contributed by atoms with Gasteiger partial charge < -0.3 is 20.1 Å². The minimum atomic E-state index is 0.284. The molecule has 2 heterocycles. The molecule has 6 heteroatoms. The van der Waals surface area contributed by atoms with Crippen LogP contribution in [0.4, 0.5) is 11.8 Å². The Morgan fingerprint density at radius 3 is 2.79 bits per heavy atom. The van der Waals surface area contributed by atoms with Crippen molar-refractivity contribution in [1.82, 2.24) is 9.97 Å². The highest BCUT2D eigenvalue weighted by atomic mass is 16.7. The van der Waals surface area contributed by atoms with E-state index in [0.717, 1.165) is 40.3 Å². The second kappa shape index (κ2) is 6.23. The van der Waals surface area contributed by atoms with Crippen LogP contribution >= 0.6 is 0 Å². The summed E-state index contributed by atoms with van der Waals surface area (Å²) in [5.74, 6) is 3.01. The summed E-state index contributed by atoms with van der Waals surface area (Å²) in [5, 5.41) is 7.60. The monoisotopic (exact) mass is 322 g/mol. The molecule has 0 bridgehead atoms. The molecule has 0 unspecified atom stereocenters. The molecule has 3 aromatic rings. The van der Waals surface area contributed by atoms with E-state index in [2.05, 4.69) is 27.5 Å². The molecule has 0 saturated carbocycles. The summed E-state index contributed by atoms with van der Waals surface area (Å²) in [5.41, 5.74) is 2.00. The van der Waals surface area contributed by atoms with E-state index in [0.29, 0.717) is 12.5 Å². The molecule has 1 aromatic heterocycles. The molecule has 0 atom stereocenters. The predicted molar refractivity (Wildman–Crippen MR) is 93.6 cm³/mol. The minimum absolute atomic E-state index is 0.284. The Balaban J connectivity index is 1.58. The van der Waals surface area contributed by atoms with Crippen molar-refractivity contribution in [2.75, 3.05) is 24.0 Å². The van der Waals surface area contributed by atoms with Crippen molar-refractivity contribution in [2.24, 2.45) is 0 Å². The quantitative estimate of drug-likeness (QED) is 0.750. The van der Waals surface area contributed by atoms with Crippen LogP contribution in [0.5, 0.6) is 11.5 Å². The zero-order chi connectivity index (χ0) is 16.4. The van der Waals surface area contributed by atoms with Crippen molar-refractivity contribution < 1.29 is 9.47 Å². The number of aromatic nitrogens is 2. The molecule has 0 aliphatic carbocycles. The second-order valence-electron chi connectivity index (χ2n) is 5.48. The summed E-state index contributed by atoms with van der Waals surface area (Å²) in [6.07, 6.45) is 0. The van der Waals surface area contributed by atoms with Crippen molar-refractivity contribution in [3.63, 3.8) is 0 Å². The predicted octanol–water partition coefficient (Wildman–Crippen LogP) is 3.40. The normalized spacial score (nSPS) is 12.4. The zero-order valence-corrected chi connectivity index (χ0v) is 13.4. The number of ether oxygens (including phenoxy) is 2. The third kappa shape index (κ3) is 2.78. The fraction of sp³-hybridized carbons (Fsp3) is 0.222. The molecule has 0 saturated heterocycles. The number of hydrogen-bond acceptors (Lipinski definition) is 6. The van der Waals surface area contributed by atoms with Gasteiger partial charge in [-0.05, 0) is 36.8 Å². The number of fused-ring (bicyclic) bond motifs is 2. The van der Waals surface area contributed by atoms with Gasteiger partial charge in [-0.1, -0.05) is 18.2 Å². The number of benzene rings is 2. The molecule has 6 nitrogen and oxygen atoms in total. The first-order chi connectivity index (χ1) is 11.8. The summed E-state index contributed by atoms with van der Waals surface area (Å²) in [7, 11) is 0. The van der Waals surface area contributed by atoms with Gasteiger partial charge in [-0.15, -0.1) is 0 Å². The summed E-state index contributed by atoms with van der Waals surface area (Å²) < 4.78 is 10.7. The number of anilines is 2.